The van der Waals surface area contributed by atoms with Crippen molar-refractivity contribution in [3.63, 3.8) is 0 Å². The molecule has 0 spiro atoms. The number of aryl methyl sites for hydroxylation is 1. The minimum Gasteiger partial charge on any atom is -0.467 e. The Morgan fingerprint density at radius 3 is 2.76 bits per heavy atom. The molecule has 0 radical (unpaired) electrons. The van der Waals surface area contributed by atoms with E-state index >= 15 is 0 Å². The Balaban J connectivity index is 1.43. The van der Waals surface area contributed by atoms with E-state index in [0.717, 1.165) is 29.5 Å². The molecular weight excluding hydrogens is 470 g/mol. The number of nitrogens with one attached hydrogen (secondary N) is 1. The van der Waals surface area contributed by atoms with Gasteiger partial charge in [-0.3, -0.25) is 9.59 Å². The first-order valence-electron chi connectivity index (χ1n) is 12.6. The van der Waals surface area contributed by atoms with Crippen LogP contribution in [0.1, 0.15) is 35.8 Å². The lowest BCUT2D eigenvalue weighted by Gasteiger charge is -2.30. The smallest absolute Gasteiger partial charge is 0.250 e. The van der Waals surface area contributed by atoms with Crippen LogP contribution in [0.3, 0.4) is 0 Å². The third kappa shape index (κ3) is 5.72. The fraction of sp³-hybridized carbons (Fsp3) is 0.357. The second-order valence-corrected chi connectivity index (χ2v) is 9.30. The molecular formula is C28H31N5O4. The highest BCUT2D eigenvalue weighted by Crippen LogP contribution is 2.24. The number of fused-ring (bicyclic) bond motifs is 1. The molecule has 2 aromatic heterocycles. The lowest BCUT2D eigenvalue weighted by Crippen LogP contribution is -2.47. The molecule has 0 saturated carbocycles. The monoisotopic (exact) mass is 501 g/mol. The number of benzene rings is 2. The second-order valence-electron chi connectivity index (χ2n) is 9.30. The van der Waals surface area contributed by atoms with E-state index in [1.54, 1.807) is 21.7 Å². The molecule has 1 saturated heterocycles. The van der Waals surface area contributed by atoms with Crippen LogP contribution in [0, 0.1) is 6.92 Å². The van der Waals surface area contributed by atoms with Gasteiger partial charge in [-0.05, 0) is 61.6 Å². The molecule has 2 aromatic carbocycles. The summed E-state index contributed by atoms with van der Waals surface area (Å²) in [6.07, 6.45) is 3.98. The van der Waals surface area contributed by atoms with Crippen LogP contribution in [0.2, 0.25) is 0 Å². The second kappa shape index (κ2) is 11.4. The van der Waals surface area contributed by atoms with E-state index in [1.165, 1.54) is 6.26 Å². The molecule has 9 nitrogen and oxygen atoms in total. The maximum Gasteiger partial charge on any atom is 0.250 e. The van der Waals surface area contributed by atoms with Gasteiger partial charge in [0.15, 0.2) is 6.04 Å². The Morgan fingerprint density at radius 1 is 1.14 bits per heavy atom. The quantitative estimate of drug-likeness (QED) is 0.357. The maximum absolute atomic E-state index is 13.9. The molecule has 0 unspecified atom stereocenters. The Morgan fingerprint density at radius 2 is 1.97 bits per heavy atom. The van der Waals surface area contributed by atoms with Gasteiger partial charge in [0.25, 0.3) is 5.91 Å². The zero-order valence-corrected chi connectivity index (χ0v) is 20.9. The first-order chi connectivity index (χ1) is 18.1. The summed E-state index contributed by atoms with van der Waals surface area (Å²) in [6, 6.07) is 18.1. The van der Waals surface area contributed by atoms with Crippen molar-refractivity contribution in [2.24, 2.45) is 0 Å². The molecule has 37 heavy (non-hydrogen) atoms. The van der Waals surface area contributed by atoms with E-state index in [9.17, 15) is 9.59 Å². The Kier molecular flexibility index (Phi) is 7.60. The number of aromatic nitrogens is 3. The molecule has 5 rings (SSSR count). The van der Waals surface area contributed by atoms with Crippen LogP contribution in [-0.4, -0.2) is 57.5 Å². The fourth-order valence-electron chi connectivity index (χ4n) is 4.77. The van der Waals surface area contributed by atoms with Crippen LogP contribution in [0.15, 0.2) is 71.3 Å². The Labute approximate surface area is 215 Å². The summed E-state index contributed by atoms with van der Waals surface area (Å²) in [5.74, 6) is -0.142. The number of carbonyl (C=O) groups is 2. The summed E-state index contributed by atoms with van der Waals surface area (Å²) >= 11 is 0. The normalized spacial score (nSPS) is 16.1. The number of carbonyl (C=O) groups excluding carboxylic acids is 2. The molecule has 0 bridgehead atoms. The minimum atomic E-state index is -0.928. The number of rotatable bonds is 10. The van der Waals surface area contributed by atoms with Crippen LogP contribution in [0.4, 0.5) is 0 Å². The van der Waals surface area contributed by atoms with Crippen LogP contribution < -0.4 is 5.32 Å². The summed E-state index contributed by atoms with van der Waals surface area (Å²) in [5, 5.41) is 11.3. The highest BCUT2D eigenvalue weighted by atomic mass is 16.5. The third-order valence-electron chi connectivity index (χ3n) is 6.81. The van der Waals surface area contributed by atoms with Gasteiger partial charge in [0.05, 0.1) is 17.9 Å². The Bertz CT molecular complexity index is 1340. The van der Waals surface area contributed by atoms with Crippen molar-refractivity contribution in [1.82, 2.24) is 25.2 Å². The van der Waals surface area contributed by atoms with Gasteiger partial charge in [-0.15, -0.1) is 5.10 Å². The van der Waals surface area contributed by atoms with Crippen molar-refractivity contribution in [2.45, 2.75) is 44.9 Å². The maximum atomic E-state index is 13.9. The standard InChI is InChI=1S/C28H31N5O4/c1-20-8-2-3-9-21(20)14-15-32(26(34)19-33-24-12-5-4-11-23(24)30-31-33)27(25-13-7-17-37-25)28(35)29-18-22-10-6-16-36-22/h2-5,7-9,11-13,17,22,27H,6,10,14-16,18-19H2,1H3,(H,29,35)/t22-,27-/m0/s1. The van der Waals surface area contributed by atoms with Gasteiger partial charge in [-0.1, -0.05) is 41.6 Å². The topological polar surface area (TPSA) is 102 Å². The summed E-state index contributed by atoms with van der Waals surface area (Å²) < 4.78 is 12.9. The van der Waals surface area contributed by atoms with Crippen molar-refractivity contribution in [2.75, 3.05) is 19.7 Å². The molecule has 2 amide bonds. The molecule has 1 aliphatic heterocycles. The molecule has 1 aliphatic rings. The summed E-state index contributed by atoms with van der Waals surface area (Å²) in [5.41, 5.74) is 3.71. The average molecular weight is 502 g/mol. The zero-order valence-electron chi connectivity index (χ0n) is 20.9. The minimum absolute atomic E-state index is 0.0150. The molecule has 1 N–H and O–H groups in total. The predicted molar refractivity (Wildman–Crippen MR) is 138 cm³/mol. The fourth-order valence-corrected chi connectivity index (χ4v) is 4.77. The van der Waals surface area contributed by atoms with Crippen molar-refractivity contribution in [3.8, 4) is 0 Å². The van der Waals surface area contributed by atoms with Crippen molar-refractivity contribution in [1.29, 1.82) is 0 Å². The molecule has 1 fully saturated rings. The van der Waals surface area contributed by atoms with E-state index in [0.29, 0.717) is 37.4 Å². The van der Waals surface area contributed by atoms with E-state index in [1.807, 2.05) is 55.5 Å². The third-order valence-corrected chi connectivity index (χ3v) is 6.81. The van der Waals surface area contributed by atoms with Gasteiger partial charge < -0.3 is 19.4 Å². The lowest BCUT2D eigenvalue weighted by molar-refractivity contribution is -0.142. The van der Waals surface area contributed by atoms with Gasteiger partial charge in [-0.2, -0.15) is 0 Å². The van der Waals surface area contributed by atoms with E-state index in [-0.39, 0.29) is 24.5 Å². The van der Waals surface area contributed by atoms with Crippen LogP contribution >= 0.6 is 0 Å². The Hall–Kier alpha value is -3.98. The van der Waals surface area contributed by atoms with Gasteiger partial charge in [0.1, 0.15) is 17.8 Å². The lowest BCUT2D eigenvalue weighted by atomic mass is 10.0. The molecule has 3 heterocycles. The van der Waals surface area contributed by atoms with Gasteiger partial charge in [-0.25, -0.2) is 4.68 Å². The molecule has 0 aliphatic carbocycles. The number of para-hydroxylation sites is 1. The number of hydrogen-bond donors (Lipinski definition) is 1. The van der Waals surface area contributed by atoms with E-state index in [4.69, 9.17) is 9.15 Å². The molecule has 2 atom stereocenters. The molecule has 192 valence electrons. The molecule has 9 heteroatoms. The van der Waals surface area contributed by atoms with Crippen molar-refractivity contribution >= 4 is 22.8 Å². The van der Waals surface area contributed by atoms with Crippen LogP contribution in [0.5, 0.6) is 0 Å². The zero-order chi connectivity index (χ0) is 25.6. The average Bonchev–Trinajstić information content (AvgIpc) is 3.69. The van der Waals surface area contributed by atoms with Gasteiger partial charge in [0.2, 0.25) is 5.91 Å². The van der Waals surface area contributed by atoms with Gasteiger partial charge in [0, 0.05) is 19.7 Å². The first-order valence-corrected chi connectivity index (χ1v) is 12.6. The van der Waals surface area contributed by atoms with Crippen molar-refractivity contribution in [3.05, 3.63) is 83.8 Å². The summed E-state index contributed by atoms with van der Waals surface area (Å²) in [7, 11) is 0. The number of amides is 2. The van der Waals surface area contributed by atoms with Crippen LogP contribution in [0.25, 0.3) is 11.0 Å². The molecule has 4 aromatic rings. The SMILES string of the molecule is Cc1ccccc1CCN(C(=O)Cn1nnc2ccccc21)[C@H](C(=O)NC[C@@H]1CCCO1)c1ccco1. The van der Waals surface area contributed by atoms with Crippen molar-refractivity contribution < 1.29 is 18.7 Å². The van der Waals surface area contributed by atoms with E-state index < -0.39 is 6.04 Å². The number of hydrogen-bond acceptors (Lipinski definition) is 6. The number of nitrogens with zero attached hydrogens (tertiary/aromatic N) is 4. The summed E-state index contributed by atoms with van der Waals surface area (Å²) in [6.45, 7) is 3.42. The number of furan rings is 1. The largest absolute Gasteiger partial charge is 0.467 e. The highest BCUT2D eigenvalue weighted by molar-refractivity contribution is 5.88. The predicted octanol–water partition coefficient (Wildman–Crippen LogP) is 3.44. The number of ether oxygens (including phenoxy) is 1. The first kappa shape index (κ1) is 24.7. The van der Waals surface area contributed by atoms with E-state index in [2.05, 4.69) is 15.6 Å². The van der Waals surface area contributed by atoms with Crippen LogP contribution in [-0.2, 0) is 27.3 Å². The summed E-state index contributed by atoms with van der Waals surface area (Å²) in [4.78, 5) is 29.0. The van der Waals surface area contributed by atoms with Gasteiger partial charge >= 0.3 is 0 Å². The highest BCUT2D eigenvalue weighted by Gasteiger charge is 2.34.